The van der Waals surface area contributed by atoms with Crippen molar-refractivity contribution >= 4 is 7.75 Å². The Labute approximate surface area is 157 Å². The van der Waals surface area contributed by atoms with Gasteiger partial charge in [-0.15, -0.1) is 0 Å². The summed E-state index contributed by atoms with van der Waals surface area (Å²) in [5.41, 5.74) is 0. The van der Waals surface area contributed by atoms with Gasteiger partial charge in [0.15, 0.2) is 0 Å². The Kier molecular flexibility index (Phi) is 17.6. The molecule has 0 rings (SSSR count). The van der Waals surface area contributed by atoms with Crippen LogP contribution in [0.1, 0.15) is 111 Å². The molecule has 0 heterocycles. The predicted molar refractivity (Wildman–Crippen MR) is 109 cm³/mol. The second kappa shape index (κ2) is 17.5. The van der Waals surface area contributed by atoms with Gasteiger partial charge < -0.3 is 4.89 Å². The maximum Gasteiger partial charge on any atom is 0.405 e. The highest BCUT2D eigenvalue weighted by atomic mass is 31.2. The predicted octanol–water partition coefficient (Wildman–Crippen LogP) is 6.93. The summed E-state index contributed by atoms with van der Waals surface area (Å²) >= 11 is 0. The third kappa shape index (κ3) is 14.9. The van der Waals surface area contributed by atoms with Gasteiger partial charge in [-0.25, -0.2) is 9.24 Å². The molecule has 4 nitrogen and oxygen atoms in total. The van der Waals surface area contributed by atoms with Gasteiger partial charge in [0.2, 0.25) is 0 Å². The van der Waals surface area contributed by atoms with E-state index in [1.54, 1.807) is 4.67 Å². The van der Waals surface area contributed by atoms with Gasteiger partial charge in [-0.1, -0.05) is 91.4 Å². The van der Waals surface area contributed by atoms with Crippen molar-refractivity contribution in [1.29, 1.82) is 0 Å². The Bertz CT molecular complexity index is 312. The van der Waals surface area contributed by atoms with Gasteiger partial charge >= 0.3 is 7.75 Å². The van der Waals surface area contributed by atoms with E-state index >= 15 is 0 Å². The Balaban J connectivity index is 4.27. The van der Waals surface area contributed by atoms with Crippen molar-refractivity contribution in [2.45, 2.75) is 111 Å². The molecule has 0 bridgehead atoms. The summed E-state index contributed by atoms with van der Waals surface area (Å²) in [5, 5.41) is 0. The van der Waals surface area contributed by atoms with Crippen molar-refractivity contribution in [3.05, 3.63) is 0 Å². The summed E-state index contributed by atoms with van der Waals surface area (Å²) in [5.74, 6) is 0. The molecule has 0 aliphatic carbocycles. The van der Waals surface area contributed by atoms with Crippen LogP contribution in [0, 0.1) is 0 Å². The van der Waals surface area contributed by atoms with Crippen LogP contribution in [-0.2, 0) is 9.09 Å². The Morgan fingerprint density at radius 3 is 1.52 bits per heavy atom. The lowest BCUT2D eigenvalue weighted by molar-refractivity contribution is 0.194. The molecule has 0 aliphatic heterocycles. The first kappa shape index (κ1) is 25.1. The Morgan fingerprint density at radius 1 is 0.680 bits per heavy atom. The van der Waals surface area contributed by atoms with Crippen molar-refractivity contribution in [3.8, 4) is 0 Å². The van der Waals surface area contributed by atoms with Crippen LogP contribution in [0.2, 0.25) is 0 Å². The minimum absolute atomic E-state index is 0.399. The summed E-state index contributed by atoms with van der Waals surface area (Å²) in [4.78, 5) is 10.4. The van der Waals surface area contributed by atoms with Crippen molar-refractivity contribution in [2.24, 2.45) is 0 Å². The van der Waals surface area contributed by atoms with Gasteiger partial charge in [0.05, 0.1) is 6.61 Å². The minimum atomic E-state index is -3.63. The molecule has 1 N–H and O–H groups in total. The van der Waals surface area contributed by atoms with Crippen LogP contribution in [0.5, 0.6) is 0 Å². The summed E-state index contributed by atoms with van der Waals surface area (Å²) in [6.07, 6.45) is 15.9. The van der Waals surface area contributed by atoms with Crippen LogP contribution in [-0.4, -0.2) is 29.3 Å². The summed E-state index contributed by atoms with van der Waals surface area (Å²) in [7, 11) is -3.63. The van der Waals surface area contributed by atoms with Gasteiger partial charge in [-0.05, 0) is 19.3 Å². The topological polar surface area (TPSA) is 49.8 Å². The number of hydrogen-bond donors (Lipinski definition) is 1. The molecular weight excluding hydrogens is 333 g/mol. The van der Waals surface area contributed by atoms with Crippen LogP contribution >= 0.6 is 7.75 Å². The van der Waals surface area contributed by atoms with Crippen LogP contribution in [0.4, 0.5) is 0 Å². The third-order valence-corrected chi connectivity index (χ3v) is 6.29. The molecule has 152 valence electrons. The highest BCUT2D eigenvalue weighted by Gasteiger charge is 2.28. The summed E-state index contributed by atoms with van der Waals surface area (Å²) < 4.78 is 19.8. The molecule has 0 saturated carbocycles. The average molecular weight is 378 g/mol. The number of rotatable bonds is 19. The molecule has 0 spiro atoms. The zero-order chi connectivity index (χ0) is 18.8. The van der Waals surface area contributed by atoms with Gasteiger partial charge in [0.1, 0.15) is 0 Å². The first-order valence-electron chi connectivity index (χ1n) is 10.8. The van der Waals surface area contributed by atoms with E-state index in [0.29, 0.717) is 19.7 Å². The lowest BCUT2D eigenvalue weighted by Crippen LogP contribution is -2.24. The van der Waals surface area contributed by atoms with Crippen molar-refractivity contribution in [2.75, 3.05) is 19.7 Å². The van der Waals surface area contributed by atoms with E-state index in [4.69, 9.17) is 4.52 Å². The molecule has 5 heteroatoms. The molecule has 0 amide bonds. The van der Waals surface area contributed by atoms with Crippen molar-refractivity contribution in [1.82, 2.24) is 4.67 Å². The van der Waals surface area contributed by atoms with E-state index in [1.165, 1.54) is 44.9 Å². The van der Waals surface area contributed by atoms with Crippen molar-refractivity contribution < 1.29 is 14.0 Å². The lowest BCUT2D eigenvalue weighted by Gasteiger charge is -2.26. The molecule has 0 aromatic heterocycles. The normalized spacial score (nSPS) is 14.1. The number of nitrogens with zero attached hydrogens (tertiary/aromatic N) is 1. The van der Waals surface area contributed by atoms with Crippen LogP contribution < -0.4 is 0 Å². The van der Waals surface area contributed by atoms with E-state index in [1.807, 2.05) is 0 Å². The lowest BCUT2D eigenvalue weighted by atomic mass is 10.1. The monoisotopic (exact) mass is 377 g/mol. The van der Waals surface area contributed by atoms with Crippen molar-refractivity contribution in [3.63, 3.8) is 0 Å². The summed E-state index contributed by atoms with van der Waals surface area (Å²) in [6.45, 7) is 8.33. The molecule has 0 fully saturated rings. The van der Waals surface area contributed by atoms with E-state index in [9.17, 15) is 9.46 Å². The molecule has 0 aliphatic rings. The minimum Gasteiger partial charge on any atom is -0.312 e. The molecule has 0 saturated heterocycles. The second-order valence-electron chi connectivity index (χ2n) is 7.17. The Hall–Kier alpha value is 0.110. The molecule has 0 aromatic carbocycles. The van der Waals surface area contributed by atoms with Gasteiger partial charge in [0, 0.05) is 13.1 Å². The van der Waals surface area contributed by atoms with Gasteiger partial charge in [-0.2, -0.15) is 0 Å². The van der Waals surface area contributed by atoms with E-state index in [2.05, 4.69) is 20.8 Å². The first-order valence-corrected chi connectivity index (χ1v) is 12.3. The second-order valence-corrected chi connectivity index (χ2v) is 8.97. The molecular formula is C20H44NO3P. The standard InChI is InChI=1S/C20H44NO3P/c1-4-7-10-13-15-18-21(19-16-14-11-8-5-2)25(22,23)24-20-17-12-9-6-3/h4-20H2,1-3H3,(H,22,23). The number of hydrogen-bond acceptors (Lipinski definition) is 2. The number of unbranched alkanes of at least 4 members (excludes halogenated alkanes) is 11. The highest BCUT2D eigenvalue weighted by Crippen LogP contribution is 2.46. The molecule has 1 unspecified atom stereocenters. The van der Waals surface area contributed by atoms with Crippen LogP contribution in [0.25, 0.3) is 0 Å². The average Bonchev–Trinajstić information content (AvgIpc) is 2.59. The summed E-state index contributed by atoms with van der Waals surface area (Å²) in [6, 6.07) is 0. The third-order valence-electron chi connectivity index (χ3n) is 4.65. The van der Waals surface area contributed by atoms with Gasteiger partial charge in [-0.3, -0.25) is 4.52 Å². The molecule has 0 radical (unpaired) electrons. The Morgan fingerprint density at radius 2 is 1.08 bits per heavy atom. The molecule has 0 aromatic rings. The first-order chi connectivity index (χ1) is 12.1. The SMILES string of the molecule is CCCCCCCN(CCCCCCC)P(=O)(O)OCCCCCC. The van der Waals surface area contributed by atoms with Gasteiger partial charge in [0.25, 0.3) is 0 Å². The largest absolute Gasteiger partial charge is 0.405 e. The quantitative estimate of drug-likeness (QED) is 0.196. The smallest absolute Gasteiger partial charge is 0.312 e. The fraction of sp³-hybridized carbons (Fsp3) is 1.00. The molecule has 25 heavy (non-hydrogen) atoms. The zero-order valence-electron chi connectivity index (χ0n) is 17.2. The van der Waals surface area contributed by atoms with Crippen LogP contribution in [0.15, 0.2) is 0 Å². The molecule has 1 atom stereocenters. The van der Waals surface area contributed by atoms with E-state index in [-0.39, 0.29) is 0 Å². The van der Waals surface area contributed by atoms with Crippen LogP contribution in [0.3, 0.4) is 0 Å². The van der Waals surface area contributed by atoms with E-state index < -0.39 is 7.75 Å². The maximum absolute atomic E-state index is 12.6. The zero-order valence-corrected chi connectivity index (χ0v) is 18.1. The maximum atomic E-state index is 12.6. The fourth-order valence-corrected chi connectivity index (χ4v) is 4.27. The fourth-order valence-electron chi connectivity index (χ4n) is 2.95. The van der Waals surface area contributed by atoms with E-state index in [0.717, 1.165) is 44.9 Å². The highest BCUT2D eigenvalue weighted by molar-refractivity contribution is 7.50.